The van der Waals surface area contributed by atoms with Crippen molar-refractivity contribution in [2.45, 2.75) is 18.9 Å². The molecule has 1 atom stereocenters. The van der Waals surface area contributed by atoms with Gasteiger partial charge in [0.15, 0.2) is 0 Å². The van der Waals surface area contributed by atoms with Gasteiger partial charge in [-0.25, -0.2) is 9.18 Å². The third-order valence-electron chi connectivity index (χ3n) is 3.37. The van der Waals surface area contributed by atoms with Crippen LogP contribution in [0.1, 0.15) is 23.2 Å². The minimum absolute atomic E-state index is 0.246. The van der Waals surface area contributed by atoms with Crippen LogP contribution in [0.25, 0.3) is 0 Å². The summed E-state index contributed by atoms with van der Waals surface area (Å²) in [6, 6.07) is 4.42. The van der Waals surface area contributed by atoms with Crippen LogP contribution in [0.3, 0.4) is 0 Å². The maximum Gasteiger partial charge on any atom is 0.340 e. The average Bonchev–Trinajstić information content (AvgIpc) is 2.40. The fourth-order valence-electron chi connectivity index (χ4n) is 2.43. The number of carbonyl (C=O) groups is 1. The molecule has 0 aromatic heterocycles. The molecule has 1 aromatic carbocycles. The van der Waals surface area contributed by atoms with Gasteiger partial charge >= 0.3 is 5.97 Å². The summed E-state index contributed by atoms with van der Waals surface area (Å²) in [4.78, 5) is 13.9. The molecule has 0 amide bonds. The Balaban J connectivity index is 2.17. The van der Waals surface area contributed by atoms with Crippen molar-refractivity contribution < 1.29 is 13.9 Å². The smallest absolute Gasteiger partial charge is 0.340 e. The third kappa shape index (κ3) is 3.44. The minimum atomic E-state index is -0.522. The Bertz CT molecular complexity index is 465. The normalized spacial score (nSPS) is 20.1. The first-order valence-corrected chi connectivity index (χ1v) is 6.43. The van der Waals surface area contributed by atoms with E-state index >= 15 is 0 Å². The van der Waals surface area contributed by atoms with Crippen molar-refractivity contribution in [2.75, 3.05) is 32.6 Å². The van der Waals surface area contributed by atoms with Crippen LogP contribution in [0.4, 0.5) is 10.1 Å². The van der Waals surface area contributed by atoms with Crippen LogP contribution >= 0.6 is 0 Å². The molecule has 5 heteroatoms. The molecular formula is C14H19FN2O2. The van der Waals surface area contributed by atoms with Gasteiger partial charge in [-0.2, -0.15) is 0 Å². The molecule has 1 heterocycles. The maximum absolute atomic E-state index is 13.2. The summed E-state index contributed by atoms with van der Waals surface area (Å²) in [5.74, 6) is -0.960. The predicted octanol–water partition coefficient (Wildman–Crippen LogP) is 2.12. The quantitative estimate of drug-likeness (QED) is 0.851. The molecular weight excluding hydrogens is 247 g/mol. The lowest BCUT2D eigenvalue weighted by Gasteiger charge is -2.31. The van der Waals surface area contributed by atoms with Crippen molar-refractivity contribution in [3.63, 3.8) is 0 Å². The highest BCUT2D eigenvalue weighted by atomic mass is 19.1. The molecule has 1 aliphatic heterocycles. The van der Waals surface area contributed by atoms with Gasteiger partial charge in [0.2, 0.25) is 0 Å². The van der Waals surface area contributed by atoms with Crippen LogP contribution in [0, 0.1) is 5.82 Å². The van der Waals surface area contributed by atoms with Gasteiger partial charge in [-0.3, -0.25) is 0 Å². The Morgan fingerprint density at radius 2 is 2.32 bits per heavy atom. The van der Waals surface area contributed by atoms with E-state index in [9.17, 15) is 9.18 Å². The summed E-state index contributed by atoms with van der Waals surface area (Å²) in [5, 5.41) is 3.31. The van der Waals surface area contributed by atoms with E-state index in [1.165, 1.54) is 19.2 Å². The molecule has 4 nitrogen and oxygen atoms in total. The zero-order valence-corrected chi connectivity index (χ0v) is 11.3. The number of likely N-dealkylation sites (tertiary alicyclic amines) is 1. The number of nitrogens with one attached hydrogen (secondary N) is 1. The van der Waals surface area contributed by atoms with Crippen LogP contribution in [-0.4, -0.2) is 44.2 Å². The number of methoxy groups -OCH3 is 1. The van der Waals surface area contributed by atoms with Gasteiger partial charge in [0, 0.05) is 18.3 Å². The molecule has 0 saturated carbocycles. The van der Waals surface area contributed by atoms with E-state index in [0.29, 0.717) is 5.69 Å². The Morgan fingerprint density at radius 3 is 3.00 bits per heavy atom. The van der Waals surface area contributed by atoms with Crippen LogP contribution in [0.2, 0.25) is 0 Å². The maximum atomic E-state index is 13.2. The van der Waals surface area contributed by atoms with Crippen molar-refractivity contribution in [1.29, 1.82) is 0 Å². The number of benzene rings is 1. The highest BCUT2D eigenvalue weighted by Crippen LogP contribution is 2.21. The molecule has 0 aliphatic carbocycles. The summed E-state index contributed by atoms with van der Waals surface area (Å²) in [6.07, 6.45) is 2.16. The van der Waals surface area contributed by atoms with E-state index in [1.54, 1.807) is 6.07 Å². The van der Waals surface area contributed by atoms with Gasteiger partial charge in [-0.05, 0) is 44.6 Å². The molecule has 2 rings (SSSR count). The monoisotopic (exact) mass is 266 g/mol. The second-order valence-corrected chi connectivity index (χ2v) is 4.93. The van der Waals surface area contributed by atoms with Crippen molar-refractivity contribution in [3.8, 4) is 0 Å². The summed E-state index contributed by atoms with van der Waals surface area (Å²) in [7, 11) is 3.37. The topological polar surface area (TPSA) is 41.6 Å². The molecule has 1 N–H and O–H groups in total. The Labute approximate surface area is 112 Å². The molecule has 0 bridgehead atoms. The van der Waals surface area contributed by atoms with Gasteiger partial charge in [0.05, 0.1) is 12.7 Å². The number of likely N-dealkylation sites (N-methyl/N-ethyl adjacent to an activating group) is 1. The zero-order chi connectivity index (χ0) is 13.8. The van der Waals surface area contributed by atoms with Crippen molar-refractivity contribution >= 4 is 11.7 Å². The Hall–Kier alpha value is -1.62. The number of rotatable bonds is 3. The lowest BCUT2D eigenvalue weighted by molar-refractivity contribution is 0.0601. The first-order chi connectivity index (χ1) is 9.10. The number of halogens is 1. The number of nitrogens with zero attached hydrogens (tertiary/aromatic N) is 1. The lowest BCUT2D eigenvalue weighted by Crippen LogP contribution is -2.40. The highest BCUT2D eigenvalue weighted by molar-refractivity contribution is 5.95. The highest BCUT2D eigenvalue weighted by Gasteiger charge is 2.20. The van der Waals surface area contributed by atoms with Gasteiger partial charge in [-0.15, -0.1) is 0 Å². The average molecular weight is 266 g/mol. The SMILES string of the molecule is COC(=O)c1cc(F)ccc1NC1CCCN(C)C1. The van der Waals surface area contributed by atoms with Crippen LogP contribution in [0.5, 0.6) is 0 Å². The summed E-state index contributed by atoms with van der Waals surface area (Å²) in [6.45, 7) is 2.00. The van der Waals surface area contributed by atoms with Gasteiger partial charge in [0.25, 0.3) is 0 Å². The lowest BCUT2D eigenvalue weighted by atomic mass is 10.0. The first kappa shape index (κ1) is 13.8. The summed E-state index contributed by atoms with van der Waals surface area (Å²) in [5.41, 5.74) is 0.879. The number of carbonyl (C=O) groups excluding carboxylic acids is 1. The fraction of sp³-hybridized carbons (Fsp3) is 0.500. The molecule has 1 saturated heterocycles. The Kier molecular flexibility index (Phi) is 4.37. The number of anilines is 1. The zero-order valence-electron chi connectivity index (χ0n) is 11.3. The molecule has 19 heavy (non-hydrogen) atoms. The minimum Gasteiger partial charge on any atom is -0.465 e. The van der Waals surface area contributed by atoms with E-state index in [2.05, 4.69) is 22.0 Å². The number of esters is 1. The molecule has 1 aromatic rings. The second kappa shape index (κ2) is 6.02. The number of ether oxygens (including phenoxy) is 1. The van der Waals surface area contributed by atoms with Crippen molar-refractivity contribution in [1.82, 2.24) is 4.90 Å². The largest absolute Gasteiger partial charge is 0.465 e. The van der Waals surface area contributed by atoms with E-state index in [0.717, 1.165) is 25.9 Å². The fourth-order valence-corrected chi connectivity index (χ4v) is 2.43. The van der Waals surface area contributed by atoms with Crippen LogP contribution in [-0.2, 0) is 4.74 Å². The van der Waals surface area contributed by atoms with Crippen molar-refractivity contribution in [2.24, 2.45) is 0 Å². The second-order valence-electron chi connectivity index (χ2n) is 4.93. The van der Waals surface area contributed by atoms with E-state index in [-0.39, 0.29) is 11.6 Å². The summed E-state index contributed by atoms with van der Waals surface area (Å²) < 4.78 is 17.9. The number of piperidine rings is 1. The third-order valence-corrected chi connectivity index (χ3v) is 3.37. The molecule has 1 aliphatic rings. The van der Waals surface area contributed by atoms with E-state index < -0.39 is 11.8 Å². The van der Waals surface area contributed by atoms with E-state index in [4.69, 9.17) is 0 Å². The van der Waals surface area contributed by atoms with Crippen molar-refractivity contribution in [3.05, 3.63) is 29.6 Å². The Morgan fingerprint density at radius 1 is 1.53 bits per heavy atom. The van der Waals surface area contributed by atoms with Gasteiger partial charge < -0.3 is 15.0 Å². The predicted molar refractivity (Wildman–Crippen MR) is 71.9 cm³/mol. The van der Waals surface area contributed by atoms with E-state index in [1.807, 2.05) is 0 Å². The van der Waals surface area contributed by atoms with Gasteiger partial charge in [-0.1, -0.05) is 0 Å². The van der Waals surface area contributed by atoms with Gasteiger partial charge in [0.1, 0.15) is 5.82 Å². The first-order valence-electron chi connectivity index (χ1n) is 6.43. The molecule has 1 fully saturated rings. The molecule has 104 valence electrons. The number of hydrogen-bond donors (Lipinski definition) is 1. The standard InChI is InChI=1S/C14H19FN2O2/c1-17-7-3-4-11(9-17)16-13-6-5-10(15)8-12(13)14(18)19-2/h5-6,8,11,16H,3-4,7,9H2,1-2H3. The molecule has 0 radical (unpaired) electrons. The number of hydrogen-bond acceptors (Lipinski definition) is 4. The molecule has 1 unspecified atom stereocenters. The molecule has 0 spiro atoms. The summed E-state index contributed by atoms with van der Waals surface area (Å²) >= 11 is 0. The van der Waals surface area contributed by atoms with Crippen LogP contribution < -0.4 is 5.32 Å². The van der Waals surface area contributed by atoms with Crippen LogP contribution in [0.15, 0.2) is 18.2 Å².